The van der Waals surface area contributed by atoms with Gasteiger partial charge < -0.3 is 10.2 Å². The van der Waals surface area contributed by atoms with Gasteiger partial charge >= 0.3 is 6.18 Å². The molecule has 0 radical (unpaired) electrons. The fourth-order valence-electron chi connectivity index (χ4n) is 4.71. The largest absolute Gasteiger partial charge is 0.416 e. The van der Waals surface area contributed by atoms with Gasteiger partial charge in [-0.05, 0) is 50.3 Å². The number of carbonyl (C=O) groups excluding carboxylic acids is 2. The van der Waals surface area contributed by atoms with Crippen LogP contribution in [0, 0.1) is 30.1 Å². The summed E-state index contributed by atoms with van der Waals surface area (Å²) in [7, 11) is -3.51. The fraction of sp³-hybridized carbons (Fsp3) is 0.625. The maximum Gasteiger partial charge on any atom is 0.416 e. The zero-order valence-electron chi connectivity index (χ0n) is 20.7. The molecule has 0 aromatic heterocycles. The van der Waals surface area contributed by atoms with Crippen LogP contribution in [0.1, 0.15) is 43.8 Å². The summed E-state index contributed by atoms with van der Waals surface area (Å²) < 4.78 is 65.0. The van der Waals surface area contributed by atoms with Crippen LogP contribution < -0.4 is 5.32 Å². The zero-order valence-corrected chi connectivity index (χ0v) is 21.5. The molecule has 9 nitrogen and oxygen atoms in total. The summed E-state index contributed by atoms with van der Waals surface area (Å²) >= 11 is 0. The summed E-state index contributed by atoms with van der Waals surface area (Å²) in [5.74, 6) is -0.299. The second-order valence-electron chi connectivity index (χ2n) is 9.58. The van der Waals surface area contributed by atoms with Crippen molar-refractivity contribution in [2.75, 3.05) is 39.3 Å². The van der Waals surface area contributed by atoms with Gasteiger partial charge in [-0.1, -0.05) is 11.6 Å². The molecule has 3 fully saturated rings. The Balaban J connectivity index is 0.000000280. The maximum atomic E-state index is 12.5. The quantitative estimate of drug-likeness (QED) is 0.552. The van der Waals surface area contributed by atoms with E-state index in [0.29, 0.717) is 24.1 Å². The van der Waals surface area contributed by atoms with E-state index in [1.54, 1.807) is 13.0 Å². The lowest BCUT2D eigenvalue weighted by Gasteiger charge is -2.40. The predicted molar refractivity (Wildman–Crippen MR) is 131 cm³/mol. The molecule has 206 valence electrons. The van der Waals surface area contributed by atoms with E-state index in [4.69, 9.17) is 5.26 Å². The van der Waals surface area contributed by atoms with Crippen LogP contribution in [0.4, 0.5) is 13.2 Å². The molecule has 3 aliphatic rings. The molecular weight excluding hydrogens is 511 g/mol. The van der Waals surface area contributed by atoms with Crippen LogP contribution in [0.5, 0.6) is 0 Å². The van der Waals surface area contributed by atoms with Gasteiger partial charge in [0, 0.05) is 47.2 Å². The van der Waals surface area contributed by atoms with E-state index in [9.17, 15) is 31.2 Å². The minimum absolute atomic E-state index is 0. The van der Waals surface area contributed by atoms with Crippen LogP contribution in [0.15, 0.2) is 18.2 Å². The van der Waals surface area contributed by atoms with Gasteiger partial charge in [-0.2, -0.15) is 35.5 Å². The molecule has 2 amide bonds. The standard InChI is InChI=1S/C14H22N4O3S.C10H10F3NO.H2/c15-8-12-9-18(10-12)22(20,21)17-7-3-4-13(11-17)14(19)16-5-1-2-6-16;1-7-2-8(5-14-6-15)4-9(3-7)10(11,12)13;/h12-13H,1-7,9-11H2;2-4,6H,5H2,1H3,(H,14,15);1H/t13-;;/m0../s1. The summed E-state index contributed by atoms with van der Waals surface area (Å²) in [4.78, 5) is 24.4. The molecule has 0 spiro atoms. The number of nitrogens with zero attached hydrogens (tertiary/aromatic N) is 4. The Morgan fingerprint density at radius 2 is 1.81 bits per heavy atom. The second kappa shape index (κ2) is 12.2. The Kier molecular flexibility index (Phi) is 9.55. The van der Waals surface area contributed by atoms with Gasteiger partial charge in [0.2, 0.25) is 12.3 Å². The Morgan fingerprint density at radius 3 is 2.41 bits per heavy atom. The molecule has 1 aromatic rings. The number of alkyl halides is 3. The van der Waals surface area contributed by atoms with Crippen molar-refractivity contribution < 1.29 is 32.6 Å². The van der Waals surface area contributed by atoms with Crippen LogP contribution in [0.3, 0.4) is 0 Å². The molecule has 1 aromatic carbocycles. The average Bonchev–Trinajstić information content (AvgIpc) is 3.36. The van der Waals surface area contributed by atoms with Gasteiger partial charge in [-0.25, -0.2) is 0 Å². The van der Waals surface area contributed by atoms with Crippen molar-refractivity contribution >= 4 is 22.5 Å². The van der Waals surface area contributed by atoms with Gasteiger partial charge in [-0.15, -0.1) is 0 Å². The number of hydrogen-bond acceptors (Lipinski definition) is 5. The van der Waals surface area contributed by atoms with E-state index in [2.05, 4.69) is 11.4 Å². The minimum Gasteiger partial charge on any atom is -0.355 e. The zero-order chi connectivity index (χ0) is 27.2. The molecule has 1 N–H and O–H groups in total. The molecule has 0 bridgehead atoms. The van der Waals surface area contributed by atoms with E-state index >= 15 is 0 Å². The van der Waals surface area contributed by atoms with Gasteiger partial charge in [0.05, 0.1) is 23.5 Å². The summed E-state index contributed by atoms with van der Waals surface area (Å²) in [6.07, 6.45) is -0.313. The fourth-order valence-corrected chi connectivity index (χ4v) is 6.50. The van der Waals surface area contributed by atoms with Crippen LogP contribution in [0.2, 0.25) is 0 Å². The number of nitriles is 1. The van der Waals surface area contributed by atoms with Crippen molar-refractivity contribution in [3.05, 3.63) is 34.9 Å². The third kappa shape index (κ3) is 7.43. The van der Waals surface area contributed by atoms with Gasteiger partial charge in [0.1, 0.15) is 0 Å². The molecular formula is C24H34F3N5O4S. The average molecular weight is 546 g/mol. The first kappa shape index (κ1) is 28.9. The number of amides is 2. The van der Waals surface area contributed by atoms with Crippen molar-refractivity contribution in [1.29, 1.82) is 5.26 Å². The summed E-state index contributed by atoms with van der Waals surface area (Å²) in [5.41, 5.74) is 0.271. The Hall–Kier alpha value is -2.69. The van der Waals surface area contributed by atoms with Gasteiger partial charge in [0.15, 0.2) is 0 Å². The lowest BCUT2D eigenvalue weighted by atomic mass is 9.98. The van der Waals surface area contributed by atoms with E-state index in [1.165, 1.54) is 8.61 Å². The molecule has 13 heteroatoms. The van der Waals surface area contributed by atoms with E-state index < -0.39 is 21.9 Å². The molecule has 4 rings (SSSR count). The Morgan fingerprint density at radius 1 is 1.14 bits per heavy atom. The number of halogens is 3. The van der Waals surface area contributed by atoms with E-state index in [-0.39, 0.29) is 45.3 Å². The number of hydrogen-bond donors (Lipinski definition) is 1. The van der Waals surface area contributed by atoms with Crippen molar-refractivity contribution in [3.63, 3.8) is 0 Å². The second-order valence-corrected chi connectivity index (χ2v) is 11.5. The maximum absolute atomic E-state index is 12.5. The number of likely N-dealkylation sites (tertiary alicyclic amines) is 1. The minimum atomic E-state index is -4.35. The first-order valence-corrected chi connectivity index (χ1v) is 13.6. The van der Waals surface area contributed by atoms with Crippen LogP contribution in [0.25, 0.3) is 0 Å². The third-order valence-corrected chi connectivity index (χ3v) is 8.62. The lowest BCUT2D eigenvalue weighted by Crippen LogP contribution is -2.57. The van der Waals surface area contributed by atoms with E-state index in [1.807, 2.05) is 4.90 Å². The topological polar surface area (TPSA) is 114 Å². The lowest BCUT2D eigenvalue weighted by molar-refractivity contribution is -0.138. The third-order valence-electron chi connectivity index (χ3n) is 6.69. The van der Waals surface area contributed by atoms with Gasteiger partial charge in [-0.3, -0.25) is 9.59 Å². The number of aryl methyl sites for hydroxylation is 1. The van der Waals surface area contributed by atoms with Crippen LogP contribution in [-0.4, -0.2) is 73.5 Å². The highest BCUT2D eigenvalue weighted by Crippen LogP contribution is 2.31. The van der Waals surface area contributed by atoms with Crippen LogP contribution >= 0.6 is 0 Å². The van der Waals surface area contributed by atoms with Gasteiger partial charge in [0.25, 0.3) is 10.2 Å². The van der Waals surface area contributed by atoms with Crippen molar-refractivity contribution in [2.45, 2.75) is 45.3 Å². The molecule has 3 heterocycles. The van der Waals surface area contributed by atoms with Crippen molar-refractivity contribution in [1.82, 2.24) is 18.8 Å². The summed E-state index contributed by atoms with van der Waals surface area (Å²) in [6, 6.07) is 5.79. The molecule has 37 heavy (non-hydrogen) atoms. The SMILES string of the molecule is Cc1cc(CNC=O)cc(C(F)(F)F)c1.N#CC1CN(S(=O)(=O)N2CCC[C@H](C(=O)N3CCCC3)C2)C1.[HH]. The number of benzene rings is 1. The monoisotopic (exact) mass is 545 g/mol. The Labute approximate surface area is 216 Å². The molecule has 3 saturated heterocycles. The Bertz CT molecular complexity index is 1120. The molecule has 0 unspecified atom stereocenters. The highest BCUT2D eigenvalue weighted by atomic mass is 32.2. The first-order valence-electron chi connectivity index (χ1n) is 12.2. The number of nitrogens with one attached hydrogen (secondary N) is 1. The van der Waals surface area contributed by atoms with Crippen LogP contribution in [-0.2, 0) is 32.5 Å². The predicted octanol–water partition coefficient (Wildman–Crippen LogP) is 2.53. The molecule has 1 atom stereocenters. The van der Waals surface area contributed by atoms with Crippen molar-refractivity contribution in [2.24, 2.45) is 11.8 Å². The summed E-state index contributed by atoms with van der Waals surface area (Å²) in [6.45, 7) is 4.61. The first-order chi connectivity index (χ1) is 17.5. The number of rotatable bonds is 6. The normalized spacial score (nSPS) is 21.4. The number of piperidine rings is 1. The highest BCUT2D eigenvalue weighted by molar-refractivity contribution is 7.86. The summed E-state index contributed by atoms with van der Waals surface area (Å²) in [5, 5.41) is 11.1. The molecule has 3 aliphatic heterocycles. The van der Waals surface area contributed by atoms with Crippen molar-refractivity contribution in [3.8, 4) is 6.07 Å². The van der Waals surface area contributed by atoms with E-state index in [0.717, 1.165) is 50.9 Å². The smallest absolute Gasteiger partial charge is 0.355 e. The highest BCUT2D eigenvalue weighted by Gasteiger charge is 2.42. The number of carbonyl (C=O) groups is 2. The molecule has 0 aliphatic carbocycles. The molecule has 0 saturated carbocycles.